The number of benzene rings is 2. The fourth-order valence-corrected chi connectivity index (χ4v) is 2.64. The summed E-state index contributed by atoms with van der Waals surface area (Å²) < 4.78 is 1.82. The minimum atomic E-state index is 0.647. The van der Waals surface area contributed by atoms with Gasteiger partial charge in [-0.15, -0.1) is 0 Å². The minimum Gasteiger partial charge on any atom is -0.381 e. The SMILES string of the molecule is Clc1cc(Cl)cc(CNc2ccc(-n3cccn3)cc2)c1. The third-order valence-corrected chi connectivity index (χ3v) is 3.49. The molecule has 1 N–H and O–H groups in total. The van der Waals surface area contributed by atoms with E-state index in [2.05, 4.69) is 10.4 Å². The van der Waals surface area contributed by atoms with Crippen LogP contribution in [0, 0.1) is 0 Å². The van der Waals surface area contributed by atoms with Crippen molar-refractivity contribution in [3.63, 3.8) is 0 Å². The molecule has 3 nitrogen and oxygen atoms in total. The first-order chi connectivity index (χ1) is 10.2. The maximum absolute atomic E-state index is 5.99. The van der Waals surface area contributed by atoms with E-state index in [0.29, 0.717) is 16.6 Å². The van der Waals surface area contributed by atoms with Crippen LogP contribution in [-0.2, 0) is 6.54 Å². The van der Waals surface area contributed by atoms with Crippen molar-refractivity contribution in [1.29, 1.82) is 0 Å². The lowest BCUT2D eigenvalue weighted by Gasteiger charge is -2.08. The van der Waals surface area contributed by atoms with Gasteiger partial charge in [-0.25, -0.2) is 4.68 Å². The van der Waals surface area contributed by atoms with E-state index >= 15 is 0 Å². The normalized spacial score (nSPS) is 10.6. The quantitative estimate of drug-likeness (QED) is 0.749. The Morgan fingerprint density at radius 3 is 2.33 bits per heavy atom. The van der Waals surface area contributed by atoms with Crippen LogP contribution in [-0.4, -0.2) is 9.78 Å². The smallest absolute Gasteiger partial charge is 0.0647 e. The molecule has 106 valence electrons. The Morgan fingerprint density at radius 1 is 1.00 bits per heavy atom. The standard InChI is InChI=1S/C16H13Cl2N3/c17-13-8-12(9-14(18)10-13)11-19-15-2-4-16(5-3-15)21-7-1-6-20-21/h1-10,19H,11H2. The molecule has 1 aromatic heterocycles. The van der Waals surface area contributed by atoms with E-state index in [1.165, 1.54) is 0 Å². The molecule has 0 amide bonds. The van der Waals surface area contributed by atoms with Crippen LogP contribution in [0.2, 0.25) is 10.0 Å². The third kappa shape index (κ3) is 3.57. The summed E-state index contributed by atoms with van der Waals surface area (Å²) in [7, 11) is 0. The number of nitrogens with one attached hydrogen (secondary N) is 1. The molecule has 21 heavy (non-hydrogen) atoms. The maximum Gasteiger partial charge on any atom is 0.0647 e. The molecule has 2 aromatic carbocycles. The molecule has 0 fully saturated rings. The predicted molar refractivity (Wildman–Crippen MR) is 87.4 cm³/mol. The first-order valence-electron chi connectivity index (χ1n) is 6.50. The van der Waals surface area contributed by atoms with E-state index in [0.717, 1.165) is 16.9 Å². The van der Waals surface area contributed by atoms with Crippen LogP contribution < -0.4 is 5.32 Å². The van der Waals surface area contributed by atoms with Crippen molar-refractivity contribution in [2.45, 2.75) is 6.54 Å². The number of hydrogen-bond acceptors (Lipinski definition) is 2. The first-order valence-corrected chi connectivity index (χ1v) is 7.25. The van der Waals surface area contributed by atoms with Crippen molar-refractivity contribution >= 4 is 28.9 Å². The van der Waals surface area contributed by atoms with Gasteiger partial charge in [-0.1, -0.05) is 23.2 Å². The van der Waals surface area contributed by atoms with Crippen LogP contribution in [0.15, 0.2) is 60.9 Å². The summed E-state index contributed by atoms with van der Waals surface area (Å²) >= 11 is 12.0. The molecule has 1 heterocycles. The summed E-state index contributed by atoms with van der Waals surface area (Å²) in [6, 6.07) is 15.5. The van der Waals surface area contributed by atoms with Crippen LogP contribution in [0.25, 0.3) is 5.69 Å². The fraction of sp³-hybridized carbons (Fsp3) is 0.0625. The fourth-order valence-electron chi connectivity index (χ4n) is 2.07. The van der Waals surface area contributed by atoms with E-state index in [9.17, 15) is 0 Å². The Kier molecular flexibility index (Phi) is 4.13. The topological polar surface area (TPSA) is 29.9 Å². The number of anilines is 1. The highest BCUT2D eigenvalue weighted by Gasteiger charge is 2.00. The average Bonchev–Trinajstić information content (AvgIpc) is 2.99. The molecule has 0 radical (unpaired) electrons. The Bertz CT molecular complexity index is 702. The highest BCUT2D eigenvalue weighted by molar-refractivity contribution is 6.34. The van der Waals surface area contributed by atoms with Crippen LogP contribution >= 0.6 is 23.2 Å². The average molecular weight is 318 g/mol. The maximum atomic E-state index is 5.99. The number of aromatic nitrogens is 2. The zero-order chi connectivity index (χ0) is 14.7. The summed E-state index contributed by atoms with van der Waals surface area (Å²) in [5, 5.41) is 8.83. The monoisotopic (exact) mass is 317 g/mol. The number of hydrogen-bond donors (Lipinski definition) is 1. The van der Waals surface area contributed by atoms with Crippen LogP contribution in [0.1, 0.15) is 5.56 Å². The van der Waals surface area contributed by atoms with Gasteiger partial charge in [0.25, 0.3) is 0 Å². The Hall–Kier alpha value is -1.97. The van der Waals surface area contributed by atoms with Crippen molar-refractivity contribution in [2.24, 2.45) is 0 Å². The largest absolute Gasteiger partial charge is 0.381 e. The molecule has 0 aliphatic carbocycles. The summed E-state index contributed by atoms with van der Waals surface area (Å²) in [6.07, 6.45) is 3.67. The molecule has 0 spiro atoms. The van der Waals surface area contributed by atoms with E-state index in [1.54, 1.807) is 12.3 Å². The minimum absolute atomic E-state index is 0.647. The molecule has 3 rings (SSSR count). The van der Waals surface area contributed by atoms with Gasteiger partial charge in [0.2, 0.25) is 0 Å². The van der Waals surface area contributed by atoms with Gasteiger partial charge in [0, 0.05) is 34.7 Å². The van der Waals surface area contributed by atoms with Crippen molar-refractivity contribution in [2.75, 3.05) is 5.32 Å². The Balaban J connectivity index is 1.68. The summed E-state index contributed by atoms with van der Waals surface area (Å²) in [4.78, 5) is 0. The molecule has 0 aliphatic rings. The number of nitrogens with zero attached hydrogens (tertiary/aromatic N) is 2. The predicted octanol–water partition coefficient (Wildman–Crippen LogP) is 4.79. The Labute approximate surface area is 133 Å². The molecule has 0 atom stereocenters. The molecule has 5 heteroatoms. The van der Waals surface area contributed by atoms with E-state index in [-0.39, 0.29) is 0 Å². The van der Waals surface area contributed by atoms with Gasteiger partial charge >= 0.3 is 0 Å². The van der Waals surface area contributed by atoms with Crippen molar-refractivity contribution in [1.82, 2.24) is 9.78 Å². The van der Waals surface area contributed by atoms with E-state index < -0.39 is 0 Å². The second-order valence-electron chi connectivity index (χ2n) is 4.63. The highest BCUT2D eigenvalue weighted by Crippen LogP contribution is 2.20. The van der Waals surface area contributed by atoms with Crippen molar-refractivity contribution in [3.8, 4) is 5.69 Å². The van der Waals surface area contributed by atoms with Crippen LogP contribution in [0.3, 0.4) is 0 Å². The van der Waals surface area contributed by atoms with Gasteiger partial charge in [0.1, 0.15) is 0 Å². The second kappa shape index (κ2) is 6.20. The molecule has 0 saturated heterocycles. The van der Waals surface area contributed by atoms with Gasteiger partial charge in [0.05, 0.1) is 5.69 Å². The first kappa shape index (κ1) is 14.0. The van der Waals surface area contributed by atoms with Gasteiger partial charge in [0.15, 0.2) is 0 Å². The lowest BCUT2D eigenvalue weighted by Crippen LogP contribution is -2.00. The number of halogens is 2. The van der Waals surface area contributed by atoms with Gasteiger partial charge in [-0.05, 0) is 54.1 Å². The molecule has 0 aliphatic heterocycles. The summed E-state index contributed by atoms with van der Waals surface area (Å²) in [5.74, 6) is 0. The molecule has 0 saturated carbocycles. The molecule has 0 bridgehead atoms. The lowest BCUT2D eigenvalue weighted by molar-refractivity contribution is 0.880. The van der Waals surface area contributed by atoms with E-state index in [4.69, 9.17) is 23.2 Å². The lowest BCUT2D eigenvalue weighted by atomic mass is 10.2. The summed E-state index contributed by atoms with van der Waals surface area (Å²) in [6.45, 7) is 0.668. The van der Waals surface area contributed by atoms with Crippen LogP contribution in [0.4, 0.5) is 5.69 Å². The zero-order valence-corrected chi connectivity index (χ0v) is 12.6. The zero-order valence-electron chi connectivity index (χ0n) is 11.1. The van der Waals surface area contributed by atoms with E-state index in [1.807, 2.05) is 53.3 Å². The third-order valence-electron chi connectivity index (χ3n) is 3.06. The summed E-state index contributed by atoms with van der Waals surface area (Å²) in [5.41, 5.74) is 3.10. The van der Waals surface area contributed by atoms with Crippen molar-refractivity contribution in [3.05, 3.63) is 76.5 Å². The van der Waals surface area contributed by atoms with Crippen LogP contribution in [0.5, 0.6) is 0 Å². The molecule has 3 aromatic rings. The molecule has 0 unspecified atom stereocenters. The molecular weight excluding hydrogens is 305 g/mol. The van der Waals surface area contributed by atoms with Gasteiger partial charge in [-0.3, -0.25) is 0 Å². The second-order valence-corrected chi connectivity index (χ2v) is 5.50. The Morgan fingerprint density at radius 2 is 1.71 bits per heavy atom. The molecular formula is C16H13Cl2N3. The van der Waals surface area contributed by atoms with Gasteiger partial charge < -0.3 is 5.32 Å². The number of rotatable bonds is 4. The highest BCUT2D eigenvalue weighted by atomic mass is 35.5. The van der Waals surface area contributed by atoms with Gasteiger partial charge in [-0.2, -0.15) is 5.10 Å². The van der Waals surface area contributed by atoms with Crippen molar-refractivity contribution < 1.29 is 0 Å².